The fourth-order valence-electron chi connectivity index (χ4n) is 1.42. The van der Waals surface area contributed by atoms with E-state index in [2.05, 4.69) is 10.0 Å². The maximum atomic E-state index is 12.0. The number of ether oxygens (including phenoxy) is 1. The van der Waals surface area contributed by atoms with Gasteiger partial charge in [0.1, 0.15) is 4.21 Å². The van der Waals surface area contributed by atoms with Gasteiger partial charge in [-0.05, 0) is 32.5 Å². The van der Waals surface area contributed by atoms with Crippen molar-refractivity contribution in [1.29, 1.82) is 0 Å². The van der Waals surface area contributed by atoms with E-state index >= 15 is 0 Å². The molecule has 0 radical (unpaired) electrons. The fourth-order valence-corrected chi connectivity index (χ4v) is 4.08. The average Bonchev–Trinajstić information content (AvgIpc) is 2.68. The summed E-state index contributed by atoms with van der Waals surface area (Å²) in [6.07, 6.45) is 0. The van der Waals surface area contributed by atoms with Gasteiger partial charge in [0.15, 0.2) is 0 Å². The number of rotatable bonds is 8. The van der Waals surface area contributed by atoms with Crippen LogP contribution in [0.1, 0.15) is 17.4 Å². The van der Waals surface area contributed by atoms with Gasteiger partial charge in [-0.2, -0.15) is 0 Å². The minimum atomic E-state index is -3.40. The molecule has 0 aliphatic rings. The van der Waals surface area contributed by atoms with Crippen LogP contribution in [0.3, 0.4) is 0 Å². The summed E-state index contributed by atoms with van der Waals surface area (Å²) in [7, 11) is -1.56. The number of sulfonamides is 1. The monoisotopic (exact) mass is 292 g/mol. The first-order chi connectivity index (χ1) is 8.51. The molecule has 1 aromatic rings. The minimum Gasteiger partial charge on any atom is -0.380 e. The molecular formula is C11H20N2O3S2. The van der Waals surface area contributed by atoms with E-state index in [4.69, 9.17) is 4.74 Å². The molecule has 0 fully saturated rings. The van der Waals surface area contributed by atoms with Gasteiger partial charge in [-0.3, -0.25) is 0 Å². The SMILES string of the molecule is CCOCCNS(=O)(=O)c1cc(C)c(CNC)s1. The molecule has 2 N–H and O–H groups in total. The van der Waals surface area contributed by atoms with Crippen LogP contribution in [0, 0.1) is 6.92 Å². The number of nitrogens with one attached hydrogen (secondary N) is 2. The van der Waals surface area contributed by atoms with Gasteiger partial charge in [0.2, 0.25) is 10.0 Å². The molecule has 1 rings (SSSR count). The Bertz CT molecular complexity index is 469. The molecule has 0 atom stereocenters. The zero-order chi connectivity index (χ0) is 13.6. The Labute approximate surface area is 113 Å². The number of hydrogen-bond donors (Lipinski definition) is 2. The molecule has 1 aromatic heterocycles. The van der Waals surface area contributed by atoms with Crippen LogP contribution < -0.4 is 10.0 Å². The van der Waals surface area contributed by atoms with E-state index < -0.39 is 10.0 Å². The van der Waals surface area contributed by atoms with Crippen molar-refractivity contribution in [1.82, 2.24) is 10.0 Å². The first kappa shape index (κ1) is 15.6. The summed E-state index contributed by atoms with van der Waals surface area (Å²) >= 11 is 1.30. The molecule has 0 aliphatic heterocycles. The standard InChI is InChI=1S/C11H20N2O3S2/c1-4-16-6-5-13-18(14,15)11-7-9(2)10(17-11)8-12-3/h7,12-13H,4-6,8H2,1-3H3. The molecule has 5 nitrogen and oxygen atoms in total. The van der Waals surface area contributed by atoms with E-state index in [1.165, 1.54) is 11.3 Å². The van der Waals surface area contributed by atoms with Gasteiger partial charge < -0.3 is 10.1 Å². The lowest BCUT2D eigenvalue weighted by Crippen LogP contribution is -2.26. The van der Waals surface area contributed by atoms with Gasteiger partial charge >= 0.3 is 0 Å². The largest absolute Gasteiger partial charge is 0.380 e. The predicted molar refractivity (Wildman–Crippen MR) is 73.5 cm³/mol. The van der Waals surface area contributed by atoms with Crippen molar-refractivity contribution >= 4 is 21.4 Å². The second kappa shape index (κ2) is 7.20. The average molecular weight is 292 g/mol. The fraction of sp³-hybridized carbons (Fsp3) is 0.636. The highest BCUT2D eigenvalue weighted by Gasteiger charge is 2.18. The van der Waals surface area contributed by atoms with Gasteiger partial charge in [0.05, 0.1) is 6.61 Å². The Kier molecular flexibility index (Phi) is 6.24. The highest BCUT2D eigenvalue weighted by atomic mass is 32.2. The van der Waals surface area contributed by atoms with E-state index in [0.717, 1.165) is 10.4 Å². The van der Waals surface area contributed by atoms with Crippen LogP contribution in [0.15, 0.2) is 10.3 Å². The van der Waals surface area contributed by atoms with Crippen LogP contribution in [0.4, 0.5) is 0 Å². The Morgan fingerprint density at radius 1 is 1.44 bits per heavy atom. The van der Waals surface area contributed by atoms with E-state index in [9.17, 15) is 8.42 Å². The number of aryl methyl sites for hydroxylation is 1. The van der Waals surface area contributed by atoms with Crippen molar-refractivity contribution < 1.29 is 13.2 Å². The van der Waals surface area contributed by atoms with Gasteiger partial charge in [-0.25, -0.2) is 13.1 Å². The Hall–Kier alpha value is -0.470. The molecule has 0 aromatic carbocycles. The summed E-state index contributed by atoms with van der Waals surface area (Å²) in [6, 6.07) is 1.71. The van der Waals surface area contributed by atoms with Crippen molar-refractivity contribution in [2.24, 2.45) is 0 Å². The highest BCUT2D eigenvalue weighted by Crippen LogP contribution is 2.25. The zero-order valence-corrected chi connectivity index (χ0v) is 12.6. The summed E-state index contributed by atoms with van der Waals surface area (Å²) in [5, 5.41) is 3.02. The first-order valence-corrected chi connectivity index (χ1v) is 8.12. The maximum Gasteiger partial charge on any atom is 0.250 e. The second-order valence-electron chi connectivity index (χ2n) is 3.80. The van der Waals surface area contributed by atoms with Crippen molar-refractivity contribution in [2.75, 3.05) is 26.8 Å². The second-order valence-corrected chi connectivity index (χ2v) is 6.93. The third kappa shape index (κ3) is 4.33. The topological polar surface area (TPSA) is 67.4 Å². The third-order valence-electron chi connectivity index (χ3n) is 2.34. The van der Waals surface area contributed by atoms with Gasteiger partial charge in [0, 0.05) is 24.6 Å². The smallest absolute Gasteiger partial charge is 0.250 e. The summed E-state index contributed by atoms with van der Waals surface area (Å²) in [5.74, 6) is 0. The van der Waals surface area contributed by atoms with Crippen LogP contribution in [-0.4, -0.2) is 35.2 Å². The summed E-state index contributed by atoms with van der Waals surface area (Å²) in [4.78, 5) is 1.04. The molecule has 1 heterocycles. The lowest BCUT2D eigenvalue weighted by Gasteiger charge is -2.04. The lowest BCUT2D eigenvalue weighted by atomic mass is 10.3. The Morgan fingerprint density at radius 2 is 2.17 bits per heavy atom. The molecule has 104 valence electrons. The van der Waals surface area contributed by atoms with E-state index in [-0.39, 0.29) is 0 Å². The molecule has 18 heavy (non-hydrogen) atoms. The van der Waals surface area contributed by atoms with Crippen molar-refractivity contribution in [3.8, 4) is 0 Å². The van der Waals surface area contributed by atoms with Gasteiger partial charge in [0.25, 0.3) is 0 Å². The third-order valence-corrected chi connectivity index (χ3v) is 5.51. The van der Waals surface area contributed by atoms with E-state index in [1.54, 1.807) is 6.07 Å². The van der Waals surface area contributed by atoms with Gasteiger partial charge in [-0.15, -0.1) is 11.3 Å². The van der Waals surface area contributed by atoms with Crippen molar-refractivity contribution in [3.63, 3.8) is 0 Å². The van der Waals surface area contributed by atoms with Gasteiger partial charge in [-0.1, -0.05) is 0 Å². The lowest BCUT2D eigenvalue weighted by molar-refractivity contribution is 0.153. The molecule has 7 heteroatoms. The quantitative estimate of drug-likeness (QED) is 0.704. The summed E-state index contributed by atoms with van der Waals surface area (Å²) in [5.41, 5.74) is 1.000. The summed E-state index contributed by atoms with van der Waals surface area (Å²) in [6.45, 7) is 5.76. The van der Waals surface area contributed by atoms with Crippen molar-refractivity contribution in [2.45, 2.75) is 24.6 Å². The molecule has 0 aliphatic carbocycles. The molecule has 0 bridgehead atoms. The molecule has 0 unspecified atom stereocenters. The molecule has 0 saturated carbocycles. The number of hydrogen-bond acceptors (Lipinski definition) is 5. The number of thiophene rings is 1. The van der Waals surface area contributed by atoms with Crippen molar-refractivity contribution in [3.05, 3.63) is 16.5 Å². The van der Waals surface area contributed by atoms with Crippen LogP contribution in [0.25, 0.3) is 0 Å². The maximum absolute atomic E-state index is 12.0. The van der Waals surface area contributed by atoms with Crippen LogP contribution >= 0.6 is 11.3 Å². The van der Waals surface area contributed by atoms with Crippen LogP contribution in [0.5, 0.6) is 0 Å². The minimum absolute atomic E-state index is 0.300. The van der Waals surface area contributed by atoms with Crippen LogP contribution in [-0.2, 0) is 21.3 Å². The van der Waals surface area contributed by atoms with Crippen LogP contribution in [0.2, 0.25) is 0 Å². The normalized spacial score (nSPS) is 11.9. The molecule has 0 spiro atoms. The highest BCUT2D eigenvalue weighted by molar-refractivity contribution is 7.91. The zero-order valence-electron chi connectivity index (χ0n) is 10.9. The molecule has 0 amide bonds. The van der Waals surface area contributed by atoms with E-state index in [1.807, 2.05) is 20.9 Å². The first-order valence-electron chi connectivity index (χ1n) is 5.82. The Balaban J connectivity index is 2.69. The molecular weight excluding hydrogens is 272 g/mol. The predicted octanol–water partition coefficient (Wildman–Crippen LogP) is 1.09. The van der Waals surface area contributed by atoms with E-state index in [0.29, 0.717) is 30.5 Å². The molecule has 0 saturated heterocycles. The Morgan fingerprint density at radius 3 is 2.78 bits per heavy atom. The summed E-state index contributed by atoms with van der Waals surface area (Å²) < 4.78 is 32.0.